The zero-order valence-corrected chi connectivity index (χ0v) is 36.8. The zero-order chi connectivity index (χ0) is 45.0. The molecule has 1 unspecified atom stereocenters. The van der Waals surface area contributed by atoms with Crippen molar-refractivity contribution in [3.8, 4) is 50.7 Å². The van der Waals surface area contributed by atoms with Gasteiger partial charge in [0.1, 0.15) is 6.17 Å². The normalized spacial score (nSPS) is 13.7. The molecule has 9 aromatic carbocycles. The fourth-order valence-corrected chi connectivity index (χ4v) is 9.80. The lowest BCUT2D eigenvalue weighted by molar-refractivity contribution is 0.661. The van der Waals surface area contributed by atoms with Crippen LogP contribution in [0.3, 0.4) is 0 Å². The van der Waals surface area contributed by atoms with Crippen molar-refractivity contribution in [2.24, 2.45) is 9.98 Å². The number of hydrogen-bond acceptors (Lipinski definition) is 5. The highest BCUT2D eigenvalue weighted by Gasteiger charge is 2.26. The Bertz CT molecular complexity index is 3840. The van der Waals surface area contributed by atoms with Gasteiger partial charge in [-0.05, 0) is 71.3 Å². The van der Waals surface area contributed by atoms with Crippen molar-refractivity contribution in [2.75, 3.05) is 0 Å². The van der Waals surface area contributed by atoms with Gasteiger partial charge in [-0.25, -0.2) is 15.0 Å². The van der Waals surface area contributed by atoms with Gasteiger partial charge in [0.25, 0.3) is 0 Å². The van der Waals surface area contributed by atoms with Crippen LogP contribution in [0.4, 0.5) is 0 Å². The van der Waals surface area contributed by atoms with E-state index in [2.05, 4.69) is 190 Å². The predicted molar refractivity (Wildman–Crippen MR) is 279 cm³/mol. The molecule has 0 saturated carbocycles. The summed E-state index contributed by atoms with van der Waals surface area (Å²) in [5.74, 6) is 2.08. The van der Waals surface area contributed by atoms with E-state index in [9.17, 15) is 0 Å². The van der Waals surface area contributed by atoms with Crippen LogP contribution in [0, 0.1) is 0 Å². The number of nitrogens with one attached hydrogen (secondary N) is 1. The van der Waals surface area contributed by atoms with E-state index in [0.29, 0.717) is 11.7 Å². The number of hydrogen-bond donors (Lipinski definition) is 1. The standard InChI is InChI=1S/C61H41N7/c1-5-17-40(18-6-1)41-29-31-45(32-30-41)60-64-59(44-23-11-4-12-24-44)65-61(66-60)68-53-28-16-14-26-49(53)57-55(68)38-37-54-56(57)48-25-13-15-27-52(48)67(54)47-35-33-46(34-36-47)58-62-50(42-19-7-2-8-20-42)39-51(63-58)43-21-9-3-10-22-43/h1-39,60H,(H,64,65,66). The topological polar surface area (TPSA) is 72.4 Å². The third-order valence-electron chi connectivity index (χ3n) is 13.0. The maximum atomic E-state index is 5.31. The number of amidine groups is 1. The maximum Gasteiger partial charge on any atom is 0.211 e. The Morgan fingerprint density at radius 2 is 0.824 bits per heavy atom. The lowest BCUT2D eigenvalue weighted by Gasteiger charge is -2.25. The first-order valence-electron chi connectivity index (χ1n) is 22.9. The zero-order valence-electron chi connectivity index (χ0n) is 36.8. The summed E-state index contributed by atoms with van der Waals surface area (Å²) in [4.78, 5) is 20.8. The largest absolute Gasteiger partial charge is 0.330 e. The monoisotopic (exact) mass is 871 g/mol. The molecule has 1 aliphatic heterocycles. The summed E-state index contributed by atoms with van der Waals surface area (Å²) >= 11 is 0. The third-order valence-corrected chi connectivity index (χ3v) is 13.0. The van der Waals surface area contributed by atoms with E-state index < -0.39 is 0 Å². The number of nitrogens with zero attached hydrogens (tertiary/aromatic N) is 6. The highest BCUT2D eigenvalue weighted by Crippen LogP contribution is 2.42. The van der Waals surface area contributed by atoms with Gasteiger partial charge in [0.2, 0.25) is 5.96 Å². The van der Waals surface area contributed by atoms with Gasteiger partial charge in [-0.1, -0.05) is 182 Å². The summed E-state index contributed by atoms with van der Waals surface area (Å²) in [6.45, 7) is 0. The summed E-state index contributed by atoms with van der Waals surface area (Å²) in [5, 5.41) is 8.46. The molecule has 68 heavy (non-hydrogen) atoms. The average molecular weight is 872 g/mol. The SMILES string of the molecule is c1ccc(C2=NC(c3ccc(-c4ccccc4)cc3)NC(n3c4ccccc4c4c5c6ccccc6n(-c6ccc(-c7nc(-c8ccccc8)cc(-c8ccccc8)n7)cc6)c5ccc43)=N2)cc1. The molecule has 0 amide bonds. The van der Waals surface area contributed by atoms with E-state index in [0.717, 1.165) is 83.9 Å². The Morgan fingerprint density at radius 3 is 1.40 bits per heavy atom. The van der Waals surface area contributed by atoms with E-state index in [4.69, 9.17) is 20.0 Å². The maximum absolute atomic E-state index is 5.31. The van der Waals surface area contributed by atoms with Crippen molar-refractivity contribution >= 4 is 55.4 Å². The van der Waals surface area contributed by atoms with Gasteiger partial charge >= 0.3 is 0 Å². The first kappa shape index (κ1) is 39.2. The molecular weight excluding hydrogens is 831 g/mol. The molecule has 7 nitrogen and oxygen atoms in total. The molecule has 12 aromatic rings. The second-order valence-corrected chi connectivity index (χ2v) is 17.1. The molecule has 1 atom stereocenters. The molecule has 320 valence electrons. The Labute approximate surface area is 392 Å². The van der Waals surface area contributed by atoms with Gasteiger partial charge in [-0.15, -0.1) is 0 Å². The number of aromatic nitrogens is 4. The van der Waals surface area contributed by atoms with E-state index in [1.54, 1.807) is 0 Å². The van der Waals surface area contributed by atoms with Gasteiger partial charge in [0.15, 0.2) is 11.7 Å². The minimum atomic E-state index is -0.372. The highest BCUT2D eigenvalue weighted by molar-refractivity contribution is 6.30. The number of fused-ring (bicyclic) bond motifs is 7. The van der Waals surface area contributed by atoms with Crippen LogP contribution in [0.1, 0.15) is 17.3 Å². The molecule has 4 heterocycles. The van der Waals surface area contributed by atoms with Crippen LogP contribution >= 0.6 is 0 Å². The minimum absolute atomic E-state index is 0.372. The molecule has 3 aromatic heterocycles. The van der Waals surface area contributed by atoms with Gasteiger partial charge in [0.05, 0.1) is 33.5 Å². The molecule has 0 spiro atoms. The Morgan fingerprint density at radius 1 is 0.368 bits per heavy atom. The first-order chi connectivity index (χ1) is 33.7. The smallest absolute Gasteiger partial charge is 0.211 e. The van der Waals surface area contributed by atoms with Crippen LogP contribution in [0.5, 0.6) is 0 Å². The highest BCUT2D eigenvalue weighted by atomic mass is 15.3. The van der Waals surface area contributed by atoms with Crippen LogP contribution in [-0.2, 0) is 0 Å². The van der Waals surface area contributed by atoms with Gasteiger partial charge in [0, 0.05) is 49.5 Å². The summed E-state index contributed by atoms with van der Waals surface area (Å²) in [7, 11) is 0. The van der Waals surface area contributed by atoms with Crippen molar-refractivity contribution in [1.82, 2.24) is 24.4 Å². The molecule has 0 radical (unpaired) electrons. The molecule has 7 heteroatoms. The fraction of sp³-hybridized carbons (Fsp3) is 0.0164. The van der Waals surface area contributed by atoms with Crippen molar-refractivity contribution in [1.29, 1.82) is 0 Å². The molecule has 13 rings (SSSR count). The third kappa shape index (κ3) is 6.76. The van der Waals surface area contributed by atoms with Gasteiger partial charge in [-0.3, -0.25) is 4.57 Å². The van der Waals surface area contributed by atoms with Crippen LogP contribution in [0.25, 0.3) is 94.3 Å². The number of rotatable bonds is 7. The molecular formula is C61H41N7. The summed E-state index contributed by atoms with van der Waals surface area (Å²) < 4.78 is 4.66. The minimum Gasteiger partial charge on any atom is -0.330 e. The number of benzene rings is 9. The molecule has 0 bridgehead atoms. The molecule has 1 aliphatic rings. The molecule has 0 saturated heterocycles. The number of para-hydroxylation sites is 2. The predicted octanol–water partition coefficient (Wildman–Crippen LogP) is 14.3. The second kappa shape index (κ2) is 16.3. The Hall–Kier alpha value is -9.20. The van der Waals surface area contributed by atoms with E-state index in [1.165, 1.54) is 21.7 Å². The average Bonchev–Trinajstić information content (AvgIpc) is 3.95. The van der Waals surface area contributed by atoms with Crippen LogP contribution < -0.4 is 5.32 Å². The van der Waals surface area contributed by atoms with Crippen LogP contribution in [0.15, 0.2) is 247 Å². The van der Waals surface area contributed by atoms with E-state index in [-0.39, 0.29) is 6.17 Å². The summed E-state index contributed by atoms with van der Waals surface area (Å²) in [5.41, 5.74) is 14.6. The van der Waals surface area contributed by atoms with Gasteiger partial charge < -0.3 is 9.88 Å². The Balaban J connectivity index is 0.945. The number of aliphatic imine (C=N–C) groups is 2. The lowest BCUT2D eigenvalue weighted by atomic mass is 10.0. The van der Waals surface area contributed by atoms with Crippen molar-refractivity contribution < 1.29 is 0 Å². The lowest BCUT2D eigenvalue weighted by Crippen LogP contribution is -2.37. The summed E-state index contributed by atoms with van der Waals surface area (Å²) in [6, 6.07) is 82.7. The van der Waals surface area contributed by atoms with E-state index >= 15 is 0 Å². The van der Waals surface area contributed by atoms with Gasteiger partial charge in [-0.2, -0.15) is 4.99 Å². The fourth-order valence-electron chi connectivity index (χ4n) is 9.80. The summed E-state index contributed by atoms with van der Waals surface area (Å²) in [6.07, 6.45) is -0.372. The quantitative estimate of drug-likeness (QED) is 0.173. The van der Waals surface area contributed by atoms with Crippen LogP contribution in [0.2, 0.25) is 0 Å². The first-order valence-corrected chi connectivity index (χ1v) is 22.9. The van der Waals surface area contributed by atoms with Crippen molar-refractivity contribution in [3.05, 3.63) is 248 Å². The van der Waals surface area contributed by atoms with Crippen molar-refractivity contribution in [3.63, 3.8) is 0 Å². The molecule has 0 aliphatic carbocycles. The van der Waals surface area contributed by atoms with Crippen LogP contribution in [-0.4, -0.2) is 30.9 Å². The molecule has 1 N–H and O–H groups in total. The second-order valence-electron chi connectivity index (χ2n) is 17.1. The van der Waals surface area contributed by atoms with E-state index in [1.807, 2.05) is 60.7 Å². The Kier molecular flexibility index (Phi) is 9.42. The van der Waals surface area contributed by atoms with Crippen molar-refractivity contribution in [2.45, 2.75) is 6.17 Å². The molecule has 0 fully saturated rings.